The molecule has 2 unspecified atom stereocenters. The molecule has 3 aliphatic carbocycles. The van der Waals surface area contributed by atoms with E-state index < -0.39 is 22.9 Å². The van der Waals surface area contributed by atoms with Gasteiger partial charge in [-0.25, -0.2) is 4.79 Å². The van der Waals surface area contributed by atoms with Gasteiger partial charge in [0.1, 0.15) is 0 Å². The number of aliphatic hydroxyl groups is 1. The Morgan fingerprint density at radius 3 is 2.87 bits per heavy atom. The molecule has 0 amide bonds. The quantitative estimate of drug-likeness (QED) is 0.702. The number of methoxy groups -OCH3 is 1. The lowest BCUT2D eigenvalue weighted by Gasteiger charge is -2.67. The fraction of sp³-hybridized carbons (Fsp3) is 0.826. The zero-order chi connectivity index (χ0) is 21.3. The number of hydrogen-bond donors (Lipinski definition) is 1. The smallest absolute Gasteiger partial charge is 0.333 e. The van der Waals surface area contributed by atoms with Gasteiger partial charge in [0.15, 0.2) is 6.29 Å². The third kappa shape index (κ3) is 2.37. The van der Waals surface area contributed by atoms with Crippen LogP contribution in [-0.4, -0.2) is 49.4 Å². The summed E-state index contributed by atoms with van der Waals surface area (Å²) < 4.78 is 23.1. The van der Waals surface area contributed by atoms with Gasteiger partial charge < -0.3 is 24.1 Å². The van der Waals surface area contributed by atoms with Gasteiger partial charge in [0.2, 0.25) is 5.79 Å². The summed E-state index contributed by atoms with van der Waals surface area (Å²) >= 11 is 0. The molecule has 7 heteroatoms. The lowest BCUT2D eigenvalue weighted by molar-refractivity contribution is -0.333. The largest absolute Gasteiger partial charge is 0.469 e. The normalized spacial score (nSPS) is 49.3. The van der Waals surface area contributed by atoms with Crippen molar-refractivity contribution in [3.63, 3.8) is 0 Å². The summed E-state index contributed by atoms with van der Waals surface area (Å²) in [7, 11) is 1.44. The highest BCUT2D eigenvalue weighted by Gasteiger charge is 2.72. The first-order valence-electron chi connectivity index (χ1n) is 11.3. The molecule has 0 radical (unpaired) electrons. The zero-order valence-electron chi connectivity index (χ0n) is 18.0. The number of fused-ring (bicyclic) bond motifs is 2. The van der Waals surface area contributed by atoms with Gasteiger partial charge in [-0.05, 0) is 56.3 Å². The molecule has 0 aromatic heterocycles. The van der Waals surface area contributed by atoms with Crippen LogP contribution in [0.2, 0.25) is 0 Å². The van der Waals surface area contributed by atoms with E-state index in [-0.39, 0.29) is 42.2 Å². The molecule has 1 saturated heterocycles. The summed E-state index contributed by atoms with van der Waals surface area (Å²) in [4.78, 5) is 25.3. The molecule has 0 aromatic carbocycles. The van der Waals surface area contributed by atoms with Gasteiger partial charge in [0, 0.05) is 30.1 Å². The molecule has 2 aliphatic heterocycles. The fourth-order valence-electron chi connectivity index (χ4n) is 8.05. The molecule has 4 fully saturated rings. The Hall–Kier alpha value is -1.44. The lowest BCUT2D eigenvalue weighted by Crippen LogP contribution is -2.69. The van der Waals surface area contributed by atoms with Crippen molar-refractivity contribution >= 4 is 11.9 Å². The molecule has 30 heavy (non-hydrogen) atoms. The molecule has 1 N–H and O–H groups in total. The minimum absolute atomic E-state index is 0.00953. The van der Waals surface area contributed by atoms with E-state index in [1.165, 1.54) is 7.11 Å². The second-order valence-corrected chi connectivity index (χ2v) is 9.88. The first kappa shape index (κ1) is 20.5. The van der Waals surface area contributed by atoms with Crippen LogP contribution in [0.25, 0.3) is 0 Å². The number of hydrogen-bond acceptors (Lipinski definition) is 7. The van der Waals surface area contributed by atoms with Crippen molar-refractivity contribution in [3.8, 4) is 0 Å². The number of carbonyl (C=O) groups is 2. The summed E-state index contributed by atoms with van der Waals surface area (Å²) in [5.74, 6) is -1.25. The van der Waals surface area contributed by atoms with Crippen LogP contribution in [0.5, 0.6) is 0 Å². The Morgan fingerprint density at radius 2 is 2.13 bits per heavy atom. The van der Waals surface area contributed by atoms with Crippen LogP contribution in [-0.2, 0) is 28.5 Å². The SMILES string of the molecule is CCO[C@@]12C[C@H]3[C@@H](CC[C@H]4C5(C(=O)OC)CCCC34[C@H](O)OC5)[C@@H](C)C1=CC(=O)O2. The summed E-state index contributed by atoms with van der Waals surface area (Å²) in [5, 5.41) is 11.3. The molecule has 7 nitrogen and oxygen atoms in total. The van der Waals surface area contributed by atoms with Crippen molar-refractivity contribution in [3.05, 3.63) is 11.6 Å². The summed E-state index contributed by atoms with van der Waals surface area (Å²) in [6.45, 7) is 4.67. The van der Waals surface area contributed by atoms with E-state index in [4.69, 9.17) is 18.9 Å². The van der Waals surface area contributed by atoms with Crippen LogP contribution in [0.1, 0.15) is 52.4 Å². The Morgan fingerprint density at radius 1 is 1.33 bits per heavy atom. The molecule has 3 saturated carbocycles. The van der Waals surface area contributed by atoms with Gasteiger partial charge in [-0.3, -0.25) is 4.79 Å². The average molecular weight is 421 g/mol. The van der Waals surface area contributed by atoms with Gasteiger partial charge in [-0.15, -0.1) is 0 Å². The molecule has 5 rings (SSSR count). The van der Waals surface area contributed by atoms with Crippen LogP contribution in [0, 0.1) is 34.5 Å². The van der Waals surface area contributed by atoms with Gasteiger partial charge in [-0.2, -0.15) is 0 Å². The Balaban J connectivity index is 1.61. The van der Waals surface area contributed by atoms with Crippen molar-refractivity contribution in [1.82, 2.24) is 0 Å². The van der Waals surface area contributed by atoms with E-state index in [0.29, 0.717) is 13.0 Å². The molecular weight excluding hydrogens is 388 g/mol. The third-order valence-corrected chi connectivity index (χ3v) is 9.07. The van der Waals surface area contributed by atoms with E-state index >= 15 is 0 Å². The van der Waals surface area contributed by atoms with Gasteiger partial charge in [0.05, 0.1) is 19.1 Å². The van der Waals surface area contributed by atoms with Crippen LogP contribution in [0.4, 0.5) is 0 Å². The standard InChI is InChI=1S/C23H32O7/c1-4-29-23-11-16-14(13(2)15(23)10-18(24)30-23)6-7-17-21(19(25)27-3)8-5-9-22(16,17)20(26)28-12-21/h10,13-14,16-17,20,26H,4-9,11-12H2,1-3H3/t13-,14+,16+,17+,20-,21?,22?,23-/m1/s1. The maximum Gasteiger partial charge on any atom is 0.333 e. The molecule has 0 spiro atoms. The Kier molecular flexibility index (Phi) is 4.62. The van der Waals surface area contributed by atoms with Crippen LogP contribution >= 0.6 is 0 Å². The number of rotatable bonds is 3. The first-order valence-corrected chi connectivity index (χ1v) is 11.3. The summed E-state index contributed by atoms with van der Waals surface area (Å²) in [6, 6.07) is 0. The lowest BCUT2D eigenvalue weighted by atomic mass is 9.40. The molecule has 166 valence electrons. The van der Waals surface area contributed by atoms with Gasteiger partial charge in [0.25, 0.3) is 0 Å². The maximum atomic E-state index is 13.0. The minimum atomic E-state index is -1.06. The highest BCUT2D eigenvalue weighted by Crippen LogP contribution is 2.70. The van der Waals surface area contributed by atoms with E-state index in [9.17, 15) is 14.7 Å². The van der Waals surface area contributed by atoms with E-state index in [1.807, 2.05) is 6.92 Å². The highest BCUT2D eigenvalue weighted by molar-refractivity contribution is 5.86. The average Bonchev–Trinajstić information content (AvgIpc) is 3.06. The van der Waals surface area contributed by atoms with Crippen LogP contribution < -0.4 is 0 Å². The van der Waals surface area contributed by atoms with Crippen molar-refractivity contribution < 1.29 is 33.6 Å². The van der Waals surface area contributed by atoms with E-state index in [2.05, 4.69) is 6.92 Å². The van der Waals surface area contributed by atoms with Crippen molar-refractivity contribution in [2.75, 3.05) is 20.3 Å². The molecule has 0 aromatic rings. The third-order valence-electron chi connectivity index (χ3n) is 9.07. The molecular formula is C23H32O7. The second-order valence-electron chi connectivity index (χ2n) is 9.88. The van der Waals surface area contributed by atoms with E-state index in [1.54, 1.807) is 6.08 Å². The van der Waals surface area contributed by atoms with Crippen LogP contribution in [0.15, 0.2) is 11.6 Å². The summed E-state index contributed by atoms with van der Waals surface area (Å²) in [5.41, 5.74) is -0.347. The second kappa shape index (κ2) is 6.78. The van der Waals surface area contributed by atoms with Crippen molar-refractivity contribution in [1.29, 1.82) is 0 Å². The van der Waals surface area contributed by atoms with Crippen molar-refractivity contribution in [2.45, 2.75) is 64.4 Å². The monoisotopic (exact) mass is 420 g/mol. The highest BCUT2D eigenvalue weighted by atomic mass is 16.7. The first-order chi connectivity index (χ1) is 14.3. The minimum Gasteiger partial charge on any atom is -0.469 e. The fourth-order valence-corrected chi connectivity index (χ4v) is 8.05. The predicted molar refractivity (Wildman–Crippen MR) is 105 cm³/mol. The number of aliphatic hydroxyl groups excluding tert-OH is 1. The van der Waals surface area contributed by atoms with E-state index in [0.717, 1.165) is 37.7 Å². The zero-order valence-corrected chi connectivity index (χ0v) is 18.0. The Bertz CT molecular complexity index is 792. The number of carbonyl (C=O) groups excluding carboxylic acids is 2. The molecule has 2 bridgehead atoms. The number of ether oxygens (including phenoxy) is 4. The Labute approximate surface area is 177 Å². The van der Waals surface area contributed by atoms with Crippen LogP contribution in [0.3, 0.4) is 0 Å². The molecule has 2 heterocycles. The van der Waals surface area contributed by atoms with Gasteiger partial charge in [-0.1, -0.05) is 13.3 Å². The molecule has 8 atom stereocenters. The number of esters is 2. The topological polar surface area (TPSA) is 91.3 Å². The summed E-state index contributed by atoms with van der Waals surface area (Å²) in [6.07, 6.45) is 5.32. The maximum absolute atomic E-state index is 13.0. The predicted octanol–water partition coefficient (Wildman–Crippen LogP) is 2.56. The molecule has 5 aliphatic rings. The van der Waals surface area contributed by atoms with Crippen molar-refractivity contribution in [2.24, 2.45) is 34.5 Å². The van der Waals surface area contributed by atoms with Gasteiger partial charge >= 0.3 is 11.9 Å².